The molecule has 1 heterocycles. The lowest BCUT2D eigenvalue weighted by atomic mass is 10.2. The van der Waals surface area contributed by atoms with Gasteiger partial charge in [0.25, 0.3) is 0 Å². The van der Waals surface area contributed by atoms with Crippen molar-refractivity contribution in [1.82, 2.24) is 4.98 Å². The summed E-state index contributed by atoms with van der Waals surface area (Å²) in [5, 5.41) is 3.34. The molecule has 3 nitrogen and oxygen atoms in total. The van der Waals surface area contributed by atoms with E-state index in [1.165, 1.54) is 5.56 Å². The van der Waals surface area contributed by atoms with Crippen molar-refractivity contribution in [2.75, 3.05) is 11.9 Å². The van der Waals surface area contributed by atoms with Gasteiger partial charge in [0.05, 0.1) is 12.3 Å². The van der Waals surface area contributed by atoms with E-state index < -0.39 is 0 Å². The molecule has 0 amide bonds. The SMILES string of the molecule is CCOc1ncccc1NCc1ccccc1Br. The molecular formula is C14H15BrN2O. The second-order valence-electron chi connectivity index (χ2n) is 3.73. The van der Waals surface area contributed by atoms with Crippen LogP contribution in [0.5, 0.6) is 5.88 Å². The molecule has 0 saturated heterocycles. The summed E-state index contributed by atoms with van der Waals surface area (Å²) in [5.41, 5.74) is 2.11. The number of rotatable bonds is 5. The summed E-state index contributed by atoms with van der Waals surface area (Å²) in [6.07, 6.45) is 1.73. The van der Waals surface area contributed by atoms with Gasteiger partial charge < -0.3 is 10.1 Å². The molecule has 0 aliphatic heterocycles. The van der Waals surface area contributed by atoms with Gasteiger partial charge in [-0.2, -0.15) is 0 Å². The van der Waals surface area contributed by atoms with Crippen LogP contribution in [0.15, 0.2) is 47.1 Å². The third kappa shape index (κ3) is 3.23. The molecular weight excluding hydrogens is 292 g/mol. The van der Waals surface area contributed by atoms with E-state index in [2.05, 4.69) is 32.3 Å². The zero-order chi connectivity index (χ0) is 12.8. The molecule has 1 aromatic heterocycles. The highest BCUT2D eigenvalue weighted by Crippen LogP contribution is 2.23. The van der Waals surface area contributed by atoms with E-state index in [1.54, 1.807) is 6.20 Å². The summed E-state index contributed by atoms with van der Waals surface area (Å²) in [5.74, 6) is 0.645. The Morgan fingerprint density at radius 1 is 1.22 bits per heavy atom. The van der Waals surface area contributed by atoms with Gasteiger partial charge in [-0.15, -0.1) is 0 Å². The highest BCUT2D eigenvalue weighted by molar-refractivity contribution is 9.10. The molecule has 0 unspecified atom stereocenters. The highest BCUT2D eigenvalue weighted by Gasteiger charge is 2.04. The van der Waals surface area contributed by atoms with Gasteiger partial charge in [-0.1, -0.05) is 34.1 Å². The molecule has 0 atom stereocenters. The molecule has 4 heteroatoms. The molecule has 0 aliphatic rings. The Kier molecular flexibility index (Phi) is 4.59. The number of benzene rings is 1. The number of halogens is 1. The van der Waals surface area contributed by atoms with Crippen molar-refractivity contribution in [1.29, 1.82) is 0 Å². The Morgan fingerprint density at radius 3 is 2.83 bits per heavy atom. The lowest BCUT2D eigenvalue weighted by Gasteiger charge is -2.11. The van der Waals surface area contributed by atoms with Crippen LogP contribution in [0.2, 0.25) is 0 Å². The predicted molar refractivity (Wildman–Crippen MR) is 76.9 cm³/mol. The fraction of sp³-hybridized carbons (Fsp3) is 0.214. The highest BCUT2D eigenvalue weighted by atomic mass is 79.9. The van der Waals surface area contributed by atoms with Crippen LogP contribution in [0.4, 0.5) is 5.69 Å². The summed E-state index contributed by atoms with van der Waals surface area (Å²) in [4.78, 5) is 4.21. The summed E-state index contributed by atoms with van der Waals surface area (Å²) in [6.45, 7) is 3.29. The molecule has 0 spiro atoms. The largest absolute Gasteiger partial charge is 0.476 e. The molecule has 0 saturated carbocycles. The maximum absolute atomic E-state index is 5.47. The summed E-state index contributed by atoms with van der Waals surface area (Å²) >= 11 is 3.53. The van der Waals surface area contributed by atoms with E-state index in [0.29, 0.717) is 12.5 Å². The van der Waals surface area contributed by atoms with Gasteiger partial charge in [-0.25, -0.2) is 4.98 Å². The van der Waals surface area contributed by atoms with Crippen LogP contribution in [0.3, 0.4) is 0 Å². The number of hydrogen-bond acceptors (Lipinski definition) is 3. The summed E-state index contributed by atoms with van der Waals surface area (Å²) < 4.78 is 6.57. The second-order valence-corrected chi connectivity index (χ2v) is 4.59. The van der Waals surface area contributed by atoms with Crippen LogP contribution in [0, 0.1) is 0 Å². The molecule has 2 aromatic rings. The Bertz CT molecular complexity index is 517. The van der Waals surface area contributed by atoms with Crippen LogP contribution in [0.1, 0.15) is 12.5 Å². The molecule has 0 radical (unpaired) electrons. The number of nitrogens with zero attached hydrogens (tertiary/aromatic N) is 1. The van der Waals surface area contributed by atoms with Crippen molar-refractivity contribution in [3.63, 3.8) is 0 Å². The molecule has 2 rings (SSSR count). The molecule has 94 valence electrons. The predicted octanol–water partition coefficient (Wildman–Crippen LogP) is 3.85. The van der Waals surface area contributed by atoms with Crippen molar-refractivity contribution < 1.29 is 4.74 Å². The van der Waals surface area contributed by atoms with Gasteiger partial charge in [0.15, 0.2) is 0 Å². The zero-order valence-corrected chi connectivity index (χ0v) is 11.8. The van der Waals surface area contributed by atoms with Gasteiger partial charge in [0.1, 0.15) is 0 Å². The zero-order valence-electron chi connectivity index (χ0n) is 10.2. The first-order chi connectivity index (χ1) is 8.81. The van der Waals surface area contributed by atoms with Crippen LogP contribution in [-0.4, -0.2) is 11.6 Å². The maximum Gasteiger partial charge on any atom is 0.237 e. The van der Waals surface area contributed by atoms with Crippen LogP contribution in [0.25, 0.3) is 0 Å². The minimum absolute atomic E-state index is 0.612. The molecule has 0 fully saturated rings. The molecule has 1 aromatic carbocycles. The van der Waals surface area contributed by atoms with E-state index in [9.17, 15) is 0 Å². The average Bonchev–Trinajstić information content (AvgIpc) is 2.40. The minimum Gasteiger partial charge on any atom is -0.476 e. The van der Waals surface area contributed by atoms with Crippen molar-refractivity contribution in [3.05, 3.63) is 52.6 Å². The number of anilines is 1. The average molecular weight is 307 g/mol. The summed E-state index contributed by atoms with van der Waals surface area (Å²) in [6, 6.07) is 12.0. The van der Waals surface area contributed by atoms with E-state index >= 15 is 0 Å². The third-order valence-corrected chi connectivity index (χ3v) is 3.25. The van der Waals surface area contributed by atoms with Crippen molar-refractivity contribution in [2.24, 2.45) is 0 Å². The normalized spacial score (nSPS) is 10.1. The smallest absolute Gasteiger partial charge is 0.237 e. The van der Waals surface area contributed by atoms with Crippen LogP contribution < -0.4 is 10.1 Å². The van der Waals surface area contributed by atoms with Gasteiger partial charge in [-0.3, -0.25) is 0 Å². The van der Waals surface area contributed by atoms with Crippen LogP contribution >= 0.6 is 15.9 Å². The molecule has 1 N–H and O–H groups in total. The fourth-order valence-corrected chi connectivity index (χ4v) is 2.03. The van der Waals surface area contributed by atoms with Crippen LogP contribution in [-0.2, 0) is 6.54 Å². The quantitative estimate of drug-likeness (QED) is 0.911. The number of ether oxygens (including phenoxy) is 1. The van der Waals surface area contributed by atoms with E-state index in [-0.39, 0.29) is 0 Å². The third-order valence-electron chi connectivity index (χ3n) is 2.48. The fourth-order valence-electron chi connectivity index (χ4n) is 1.61. The first-order valence-corrected chi connectivity index (χ1v) is 6.65. The Balaban J connectivity index is 2.08. The maximum atomic E-state index is 5.47. The Hall–Kier alpha value is -1.55. The van der Waals surface area contributed by atoms with Crippen molar-refractivity contribution >= 4 is 21.6 Å². The first kappa shape index (κ1) is 12.9. The van der Waals surface area contributed by atoms with Gasteiger partial charge >= 0.3 is 0 Å². The van der Waals surface area contributed by atoms with E-state index in [1.807, 2.05) is 37.3 Å². The van der Waals surface area contributed by atoms with Gasteiger partial charge in [0, 0.05) is 17.2 Å². The van der Waals surface area contributed by atoms with Crippen molar-refractivity contribution in [3.8, 4) is 5.88 Å². The van der Waals surface area contributed by atoms with E-state index in [0.717, 1.165) is 16.7 Å². The Morgan fingerprint density at radius 2 is 2.06 bits per heavy atom. The topological polar surface area (TPSA) is 34.1 Å². The number of nitrogens with one attached hydrogen (secondary N) is 1. The summed E-state index contributed by atoms with van der Waals surface area (Å²) in [7, 11) is 0. The number of pyridine rings is 1. The van der Waals surface area contributed by atoms with Crippen molar-refractivity contribution in [2.45, 2.75) is 13.5 Å². The van der Waals surface area contributed by atoms with Gasteiger partial charge in [-0.05, 0) is 30.7 Å². The number of hydrogen-bond donors (Lipinski definition) is 1. The lowest BCUT2D eigenvalue weighted by Crippen LogP contribution is -2.04. The standard InChI is InChI=1S/C14H15BrN2O/c1-2-18-14-13(8-5-9-16-14)17-10-11-6-3-4-7-12(11)15/h3-9,17H,2,10H2,1H3. The Labute approximate surface area is 115 Å². The minimum atomic E-state index is 0.612. The lowest BCUT2D eigenvalue weighted by molar-refractivity contribution is 0.328. The first-order valence-electron chi connectivity index (χ1n) is 5.86. The monoisotopic (exact) mass is 306 g/mol. The molecule has 0 bridgehead atoms. The number of aromatic nitrogens is 1. The molecule has 0 aliphatic carbocycles. The molecule has 18 heavy (non-hydrogen) atoms. The van der Waals surface area contributed by atoms with E-state index in [4.69, 9.17) is 4.74 Å². The second kappa shape index (κ2) is 6.40. The van der Waals surface area contributed by atoms with Gasteiger partial charge in [0.2, 0.25) is 5.88 Å².